The topological polar surface area (TPSA) is 30.9 Å². The lowest BCUT2D eigenvalue weighted by Crippen LogP contribution is -2.01. The Morgan fingerprint density at radius 3 is 2.68 bits per heavy atom. The molecular formula is C15H12F2N2. The number of hydrogen-bond acceptors (Lipinski definition) is 1. The van der Waals surface area contributed by atoms with E-state index in [4.69, 9.17) is 5.73 Å². The Bertz CT molecular complexity index is 747. The molecule has 3 aromatic rings. The maximum atomic E-state index is 13.6. The summed E-state index contributed by atoms with van der Waals surface area (Å²) in [5.41, 5.74) is 7.62. The fourth-order valence-corrected chi connectivity index (χ4v) is 2.19. The number of halogens is 2. The maximum Gasteiger partial charge on any atom is 0.128 e. The van der Waals surface area contributed by atoms with Crippen molar-refractivity contribution < 1.29 is 8.78 Å². The van der Waals surface area contributed by atoms with Crippen LogP contribution in [-0.4, -0.2) is 4.57 Å². The summed E-state index contributed by atoms with van der Waals surface area (Å²) in [7, 11) is 0. The standard InChI is InChI=1S/C15H12F2N2/c16-12-2-4-14(17)11(7-12)9-19-6-5-10-1-3-13(18)8-15(10)19/h1-8H,9,18H2. The summed E-state index contributed by atoms with van der Waals surface area (Å²) in [6, 6.07) is 10.9. The van der Waals surface area contributed by atoms with Gasteiger partial charge in [-0.2, -0.15) is 0 Å². The fraction of sp³-hybridized carbons (Fsp3) is 0.0667. The first-order valence-corrected chi connectivity index (χ1v) is 5.92. The Labute approximate surface area is 109 Å². The predicted octanol–water partition coefficient (Wildman–Crippen LogP) is 3.55. The van der Waals surface area contributed by atoms with Crippen molar-refractivity contribution >= 4 is 16.6 Å². The molecular weight excluding hydrogens is 246 g/mol. The highest BCUT2D eigenvalue weighted by Crippen LogP contribution is 2.21. The van der Waals surface area contributed by atoms with Crippen molar-refractivity contribution in [2.75, 3.05) is 5.73 Å². The van der Waals surface area contributed by atoms with E-state index in [1.54, 1.807) is 0 Å². The van der Waals surface area contributed by atoms with Crippen molar-refractivity contribution in [3.63, 3.8) is 0 Å². The molecule has 0 unspecified atom stereocenters. The summed E-state index contributed by atoms with van der Waals surface area (Å²) in [5, 5.41) is 1.02. The summed E-state index contributed by atoms with van der Waals surface area (Å²) in [5.74, 6) is -0.848. The lowest BCUT2D eigenvalue weighted by molar-refractivity contribution is 0.579. The molecule has 0 saturated carbocycles. The van der Waals surface area contributed by atoms with Gasteiger partial charge in [-0.05, 0) is 41.8 Å². The van der Waals surface area contributed by atoms with Crippen LogP contribution in [0.15, 0.2) is 48.7 Å². The largest absolute Gasteiger partial charge is 0.399 e. The van der Waals surface area contributed by atoms with Gasteiger partial charge in [0.2, 0.25) is 0 Å². The van der Waals surface area contributed by atoms with Gasteiger partial charge in [0, 0.05) is 17.4 Å². The van der Waals surface area contributed by atoms with Gasteiger partial charge in [-0.15, -0.1) is 0 Å². The average Bonchev–Trinajstić information content (AvgIpc) is 2.77. The Kier molecular flexibility index (Phi) is 2.71. The van der Waals surface area contributed by atoms with E-state index in [1.165, 1.54) is 6.07 Å². The zero-order chi connectivity index (χ0) is 13.4. The van der Waals surface area contributed by atoms with Crippen LogP contribution < -0.4 is 5.73 Å². The zero-order valence-corrected chi connectivity index (χ0v) is 10.1. The number of nitrogens with two attached hydrogens (primary N) is 1. The van der Waals surface area contributed by atoms with Crippen LogP contribution in [-0.2, 0) is 6.54 Å². The number of fused-ring (bicyclic) bond motifs is 1. The van der Waals surface area contributed by atoms with Crippen LogP contribution in [0.25, 0.3) is 10.9 Å². The van der Waals surface area contributed by atoms with E-state index in [9.17, 15) is 8.78 Å². The van der Waals surface area contributed by atoms with Gasteiger partial charge in [-0.3, -0.25) is 0 Å². The molecule has 1 heterocycles. The second-order valence-corrected chi connectivity index (χ2v) is 4.50. The van der Waals surface area contributed by atoms with Crippen LogP contribution in [0.2, 0.25) is 0 Å². The molecule has 0 aliphatic carbocycles. The van der Waals surface area contributed by atoms with Crippen LogP contribution in [0.5, 0.6) is 0 Å². The predicted molar refractivity (Wildman–Crippen MR) is 71.8 cm³/mol. The molecule has 0 saturated heterocycles. The lowest BCUT2D eigenvalue weighted by atomic mass is 10.2. The average molecular weight is 258 g/mol. The van der Waals surface area contributed by atoms with Crippen molar-refractivity contribution in [3.8, 4) is 0 Å². The number of hydrogen-bond donors (Lipinski definition) is 1. The maximum absolute atomic E-state index is 13.6. The number of anilines is 1. The highest BCUT2D eigenvalue weighted by molar-refractivity contribution is 5.83. The van der Waals surface area contributed by atoms with Gasteiger partial charge in [0.05, 0.1) is 12.1 Å². The minimum atomic E-state index is -0.438. The van der Waals surface area contributed by atoms with Crippen molar-refractivity contribution in [2.24, 2.45) is 0 Å². The van der Waals surface area contributed by atoms with E-state index in [0.29, 0.717) is 11.3 Å². The van der Waals surface area contributed by atoms with Crippen LogP contribution >= 0.6 is 0 Å². The monoisotopic (exact) mass is 258 g/mol. The van der Waals surface area contributed by atoms with Crippen molar-refractivity contribution in [1.82, 2.24) is 4.57 Å². The molecule has 0 aliphatic heterocycles. The molecule has 2 aromatic carbocycles. The second-order valence-electron chi connectivity index (χ2n) is 4.50. The highest BCUT2D eigenvalue weighted by Gasteiger charge is 2.07. The van der Waals surface area contributed by atoms with Gasteiger partial charge >= 0.3 is 0 Å². The summed E-state index contributed by atoms with van der Waals surface area (Å²) in [6.07, 6.45) is 1.84. The quantitative estimate of drug-likeness (QED) is 0.700. The van der Waals surface area contributed by atoms with Crippen molar-refractivity contribution in [2.45, 2.75) is 6.54 Å². The van der Waals surface area contributed by atoms with Gasteiger partial charge < -0.3 is 10.3 Å². The third kappa shape index (κ3) is 2.17. The number of aromatic nitrogens is 1. The molecule has 0 radical (unpaired) electrons. The van der Waals surface area contributed by atoms with E-state index in [-0.39, 0.29) is 6.54 Å². The molecule has 0 bridgehead atoms. The van der Waals surface area contributed by atoms with Crippen LogP contribution in [0.3, 0.4) is 0 Å². The molecule has 3 rings (SSSR count). The molecule has 19 heavy (non-hydrogen) atoms. The molecule has 0 amide bonds. The first-order valence-electron chi connectivity index (χ1n) is 5.92. The number of nitrogen functional groups attached to an aromatic ring is 1. The van der Waals surface area contributed by atoms with Gasteiger partial charge in [-0.1, -0.05) is 6.07 Å². The first kappa shape index (κ1) is 11.7. The van der Waals surface area contributed by atoms with Gasteiger partial charge in [0.15, 0.2) is 0 Å². The summed E-state index contributed by atoms with van der Waals surface area (Å²) in [6.45, 7) is 0.274. The van der Waals surface area contributed by atoms with Gasteiger partial charge in [0.1, 0.15) is 11.6 Å². The lowest BCUT2D eigenvalue weighted by Gasteiger charge is -2.07. The molecule has 1 aromatic heterocycles. The smallest absolute Gasteiger partial charge is 0.128 e. The number of rotatable bonds is 2. The Balaban J connectivity index is 2.05. The van der Waals surface area contributed by atoms with E-state index in [0.717, 1.165) is 23.0 Å². The van der Waals surface area contributed by atoms with Crippen molar-refractivity contribution in [1.29, 1.82) is 0 Å². The Hall–Kier alpha value is -2.36. The molecule has 0 aliphatic rings. The van der Waals surface area contributed by atoms with Crippen LogP contribution in [0, 0.1) is 11.6 Å². The molecule has 0 spiro atoms. The molecule has 0 fully saturated rings. The normalized spacial score (nSPS) is 11.1. The minimum Gasteiger partial charge on any atom is -0.399 e. The minimum absolute atomic E-state index is 0.274. The number of nitrogens with zero attached hydrogens (tertiary/aromatic N) is 1. The zero-order valence-electron chi connectivity index (χ0n) is 10.1. The van der Waals surface area contributed by atoms with Crippen LogP contribution in [0.1, 0.15) is 5.56 Å². The van der Waals surface area contributed by atoms with Gasteiger partial charge in [0.25, 0.3) is 0 Å². The van der Waals surface area contributed by atoms with E-state index in [2.05, 4.69) is 0 Å². The van der Waals surface area contributed by atoms with Crippen molar-refractivity contribution in [3.05, 3.63) is 65.9 Å². The summed E-state index contributed by atoms with van der Waals surface area (Å²) >= 11 is 0. The summed E-state index contributed by atoms with van der Waals surface area (Å²) < 4.78 is 28.6. The molecule has 2 nitrogen and oxygen atoms in total. The Morgan fingerprint density at radius 2 is 1.84 bits per heavy atom. The molecule has 4 heteroatoms. The van der Waals surface area contributed by atoms with E-state index < -0.39 is 11.6 Å². The van der Waals surface area contributed by atoms with E-state index >= 15 is 0 Å². The molecule has 96 valence electrons. The molecule has 2 N–H and O–H groups in total. The third-order valence-electron chi connectivity index (χ3n) is 3.15. The van der Waals surface area contributed by atoms with Crippen LogP contribution in [0.4, 0.5) is 14.5 Å². The Morgan fingerprint density at radius 1 is 1.00 bits per heavy atom. The molecule has 0 atom stereocenters. The first-order chi connectivity index (χ1) is 9.13. The SMILES string of the molecule is Nc1ccc2ccn(Cc3cc(F)ccc3F)c2c1. The van der Waals surface area contributed by atoms with Gasteiger partial charge in [-0.25, -0.2) is 8.78 Å². The van der Waals surface area contributed by atoms with E-state index in [1.807, 2.05) is 35.0 Å². The fourth-order valence-electron chi connectivity index (χ4n) is 2.19. The third-order valence-corrected chi connectivity index (χ3v) is 3.15. The second kappa shape index (κ2) is 4.39. The highest BCUT2D eigenvalue weighted by atomic mass is 19.1. The summed E-state index contributed by atoms with van der Waals surface area (Å²) in [4.78, 5) is 0. The number of benzene rings is 2.